The average molecular weight is 216 g/mol. The number of fused-ring (bicyclic) bond motifs is 1. The number of benzene rings is 1. The third-order valence-corrected chi connectivity index (χ3v) is 3.14. The summed E-state index contributed by atoms with van der Waals surface area (Å²) in [5.41, 5.74) is 5.59. The van der Waals surface area contributed by atoms with Crippen molar-refractivity contribution in [1.29, 1.82) is 0 Å². The average Bonchev–Trinajstić information content (AvgIpc) is 2.59. The Morgan fingerprint density at radius 1 is 1.38 bits per heavy atom. The van der Waals surface area contributed by atoms with Crippen LogP contribution in [0.25, 0.3) is 5.57 Å². The molecular formula is C14H16O2. The van der Waals surface area contributed by atoms with Gasteiger partial charge in [0.1, 0.15) is 0 Å². The topological polar surface area (TPSA) is 26.3 Å². The fraction of sp³-hybridized carbons (Fsp3) is 0.357. The number of allylic oxidation sites excluding steroid dienone is 1. The molecule has 16 heavy (non-hydrogen) atoms. The van der Waals surface area contributed by atoms with Crippen LogP contribution in [0.2, 0.25) is 0 Å². The lowest BCUT2D eigenvalue weighted by Crippen LogP contribution is -2.08. The molecule has 0 radical (unpaired) electrons. The van der Waals surface area contributed by atoms with Crippen molar-refractivity contribution < 1.29 is 9.53 Å². The van der Waals surface area contributed by atoms with E-state index in [9.17, 15) is 4.79 Å². The lowest BCUT2D eigenvalue weighted by atomic mass is 10.0. The summed E-state index contributed by atoms with van der Waals surface area (Å²) in [5, 5.41) is 0. The smallest absolute Gasteiger partial charge is 0.334 e. The third-order valence-electron chi connectivity index (χ3n) is 3.14. The maximum absolute atomic E-state index is 11.8. The summed E-state index contributed by atoms with van der Waals surface area (Å²) in [6.45, 7) is 6.35. The number of esters is 1. The van der Waals surface area contributed by atoms with Crippen LogP contribution in [0.5, 0.6) is 0 Å². The highest BCUT2D eigenvalue weighted by Crippen LogP contribution is 2.34. The summed E-state index contributed by atoms with van der Waals surface area (Å²) < 4.78 is 5.07. The molecule has 0 aromatic heterocycles. The zero-order chi connectivity index (χ0) is 11.7. The molecule has 84 valence electrons. The standard InChI is InChI=1S/C14H16O2/c1-4-16-14(15)13-8-12-9(2)6-5-7-11(12)10(13)3/h5-7H,4,8H2,1-3H3. The summed E-state index contributed by atoms with van der Waals surface area (Å²) in [4.78, 5) is 11.8. The fourth-order valence-electron chi connectivity index (χ4n) is 2.20. The molecule has 2 rings (SSSR count). The Morgan fingerprint density at radius 3 is 2.75 bits per heavy atom. The van der Waals surface area contributed by atoms with E-state index in [1.807, 2.05) is 19.9 Å². The second-order valence-corrected chi connectivity index (χ2v) is 4.10. The van der Waals surface area contributed by atoms with Gasteiger partial charge in [-0.25, -0.2) is 4.79 Å². The molecule has 0 N–H and O–H groups in total. The van der Waals surface area contributed by atoms with Gasteiger partial charge in [0.25, 0.3) is 0 Å². The first-order valence-corrected chi connectivity index (χ1v) is 5.61. The number of carbonyl (C=O) groups is 1. The predicted molar refractivity (Wildman–Crippen MR) is 64.1 cm³/mol. The van der Waals surface area contributed by atoms with E-state index in [1.165, 1.54) is 16.7 Å². The zero-order valence-corrected chi connectivity index (χ0v) is 9.96. The maximum atomic E-state index is 11.8. The quantitative estimate of drug-likeness (QED) is 0.710. The van der Waals surface area contributed by atoms with E-state index < -0.39 is 0 Å². The molecule has 0 atom stereocenters. The van der Waals surface area contributed by atoms with E-state index in [0.717, 1.165) is 11.1 Å². The van der Waals surface area contributed by atoms with Gasteiger partial charge in [-0.05, 0) is 43.0 Å². The van der Waals surface area contributed by atoms with Gasteiger partial charge in [-0.2, -0.15) is 0 Å². The van der Waals surface area contributed by atoms with Crippen LogP contribution in [0.1, 0.15) is 30.5 Å². The fourth-order valence-corrected chi connectivity index (χ4v) is 2.20. The Morgan fingerprint density at radius 2 is 2.12 bits per heavy atom. The van der Waals surface area contributed by atoms with Gasteiger partial charge < -0.3 is 4.74 Å². The summed E-state index contributed by atoms with van der Waals surface area (Å²) in [6, 6.07) is 6.19. The van der Waals surface area contributed by atoms with Gasteiger partial charge in [-0.1, -0.05) is 18.2 Å². The van der Waals surface area contributed by atoms with Crippen molar-refractivity contribution in [3.63, 3.8) is 0 Å². The number of hydrogen-bond donors (Lipinski definition) is 0. The summed E-state index contributed by atoms with van der Waals surface area (Å²) in [5.74, 6) is -0.171. The van der Waals surface area contributed by atoms with Gasteiger partial charge in [0, 0.05) is 12.0 Å². The number of hydrogen-bond acceptors (Lipinski definition) is 2. The first kappa shape index (κ1) is 10.9. The maximum Gasteiger partial charge on any atom is 0.334 e. The van der Waals surface area contributed by atoms with Crippen molar-refractivity contribution in [3.05, 3.63) is 40.5 Å². The molecule has 0 saturated carbocycles. The molecule has 2 nitrogen and oxygen atoms in total. The largest absolute Gasteiger partial charge is 0.463 e. The van der Waals surface area contributed by atoms with Crippen LogP contribution in [0, 0.1) is 6.92 Å². The molecule has 1 aromatic carbocycles. The predicted octanol–water partition coefficient (Wildman–Crippen LogP) is 2.89. The second-order valence-electron chi connectivity index (χ2n) is 4.10. The van der Waals surface area contributed by atoms with Gasteiger partial charge in [0.15, 0.2) is 0 Å². The highest BCUT2D eigenvalue weighted by molar-refractivity contribution is 6.00. The van der Waals surface area contributed by atoms with Crippen molar-refractivity contribution in [3.8, 4) is 0 Å². The monoisotopic (exact) mass is 216 g/mol. The molecule has 1 aliphatic rings. The molecule has 0 saturated heterocycles. The Bertz CT molecular complexity index is 470. The first-order chi connectivity index (χ1) is 7.65. The third kappa shape index (κ3) is 1.64. The molecule has 2 heteroatoms. The normalized spacial score (nSPS) is 13.9. The van der Waals surface area contributed by atoms with Crippen molar-refractivity contribution in [2.45, 2.75) is 27.2 Å². The summed E-state index contributed by atoms with van der Waals surface area (Å²) >= 11 is 0. The number of aryl methyl sites for hydroxylation is 1. The second kappa shape index (κ2) is 4.12. The molecular weight excluding hydrogens is 200 g/mol. The van der Waals surface area contributed by atoms with E-state index in [2.05, 4.69) is 19.1 Å². The highest BCUT2D eigenvalue weighted by atomic mass is 16.5. The van der Waals surface area contributed by atoms with E-state index in [1.54, 1.807) is 0 Å². The lowest BCUT2D eigenvalue weighted by Gasteiger charge is -2.03. The van der Waals surface area contributed by atoms with Crippen LogP contribution in [0.4, 0.5) is 0 Å². The molecule has 0 heterocycles. The molecule has 0 bridgehead atoms. The molecule has 0 fully saturated rings. The summed E-state index contributed by atoms with van der Waals surface area (Å²) in [6.07, 6.45) is 0.715. The van der Waals surface area contributed by atoms with Crippen LogP contribution in [-0.2, 0) is 16.0 Å². The van der Waals surface area contributed by atoms with E-state index in [-0.39, 0.29) is 5.97 Å². The lowest BCUT2D eigenvalue weighted by molar-refractivity contribution is -0.138. The van der Waals surface area contributed by atoms with Gasteiger partial charge in [0.05, 0.1) is 6.61 Å². The minimum absolute atomic E-state index is 0.171. The van der Waals surface area contributed by atoms with Gasteiger partial charge in [-0.3, -0.25) is 0 Å². The molecule has 0 spiro atoms. The Labute approximate surface area is 95.9 Å². The number of carbonyl (C=O) groups excluding carboxylic acids is 1. The van der Waals surface area contributed by atoms with Crippen molar-refractivity contribution in [2.24, 2.45) is 0 Å². The van der Waals surface area contributed by atoms with Gasteiger partial charge in [0.2, 0.25) is 0 Å². The van der Waals surface area contributed by atoms with Gasteiger partial charge in [-0.15, -0.1) is 0 Å². The highest BCUT2D eigenvalue weighted by Gasteiger charge is 2.25. The van der Waals surface area contributed by atoms with Crippen molar-refractivity contribution >= 4 is 11.5 Å². The van der Waals surface area contributed by atoms with Crippen molar-refractivity contribution in [2.75, 3.05) is 6.61 Å². The SMILES string of the molecule is CCOC(=O)C1=C(C)c2cccc(C)c2C1. The minimum atomic E-state index is -0.171. The molecule has 0 unspecified atom stereocenters. The van der Waals surface area contributed by atoms with Crippen LogP contribution >= 0.6 is 0 Å². The molecule has 0 aliphatic heterocycles. The van der Waals surface area contributed by atoms with Crippen LogP contribution in [0.15, 0.2) is 23.8 Å². The first-order valence-electron chi connectivity index (χ1n) is 5.61. The number of ether oxygens (including phenoxy) is 1. The molecule has 0 amide bonds. The Hall–Kier alpha value is -1.57. The van der Waals surface area contributed by atoms with E-state index in [0.29, 0.717) is 13.0 Å². The van der Waals surface area contributed by atoms with E-state index >= 15 is 0 Å². The Kier molecular flexibility index (Phi) is 2.82. The van der Waals surface area contributed by atoms with Crippen LogP contribution in [-0.4, -0.2) is 12.6 Å². The van der Waals surface area contributed by atoms with Crippen LogP contribution in [0.3, 0.4) is 0 Å². The van der Waals surface area contributed by atoms with Crippen molar-refractivity contribution in [1.82, 2.24) is 0 Å². The Balaban J connectivity index is 2.38. The van der Waals surface area contributed by atoms with Gasteiger partial charge >= 0.3 is 5.97 Å². The van der Waals surface area contributed by atoms with Crippen LogP contribution < -0.4 is 0 Å². The zero-order valence-electron chi connectivity index (χ0n) is 9.96. The summed E-state index contributed by atoms with van der Waals surface area (Å²) in [7, 11) is 0. The molecule has 1 aliphatic carbocycles. The minimum Gasteiger partial charge on any atom is -0.463 e. The molecule has 1 aromatic rings. The van der Waals surface area contributed by atoms with E-state index in [4.69, 9.17) is 4.74 Å². The number of rotatable bonds is 2.